The summed E-state index contributed by atoms with van der Waals surface area (Å²) in [4.78, 5) is 10.7. The Balaban J connectivity index is 2.06. The van der Waals surface area contributed by atoms with Crippen LogP contribution in [0.15, 0.2) is 60.7 Å². The first-order chi connectivity index (χ1) is 17.3. The van der Waals surface area contributed by atoms with Crippen molar-refractivity contribution in [2.75, 3.05) is 6.61 Å². The van der Waals surface area contributed by atoms with Crippen molar-refractivity contribution < 1.29 is 42.4 Å². The van der Waals surface area contributed by atoms with E-state index in [0.717, 1.165) is 17.7 Å². The van der Waals surface area contributed by atoms with Gasteiger partial charge in [-0.2, -0.15) is 13.2 Å². The SMILES string of the molecule is Cc1cc(C)c(OCC(O)C[C@@H](O)CC(=O)[O-])c(C(c2ccc(F)cc2)c2cccc(C(F)(F)F)c2)c1. The monoisotopic (exact) mass is 519 g/mol. The van der Waals surface area contributed by atoms with Crippen LogP contribution < -0.4 is 9.84 Å². The first-order valence-corrected chi connectivity index (χ1v) is 11.6. The summed E-state index contributed by atoms with van der Waals surface area (Å²) >= 11 is 0. The average Bonchev–Trinajstić information content (AvgIpc) is 2.79. The first kappa shape index (κ1) is 28.1. The Labute approximate surface area is 212 Å². The molecule has 5 nitrogen and oxygen atoms in total. The number of rotatable bonds is 10. The first-order valence-electron chi connectivity index (χ1n) is 11.6. The maximum absolute atomic E-state index is 13.7. The van der Waals surface area contributed by atoms with Crippen molar-refractivity contribution in [1.82, 2.24) is 0 Å². The van der Waals surface area contributed by atoms with E-state index < -0.39 is 48.1 Å². The predicted molar refractivity (Wildman–Crippen MR) is 126 cm³/mol. The van der Waals surface area contributed by atoms with Gasteiger partial charge in [0.2, 0.25) is 0 Å². The van der Waals surface area contributed by atoms with Gasteiger partial charge in [0.1, 0.15) is 18.2 Å². The van der Waals surface area contributed by atoms with E-state index in [4.69, 9.17) is 4.74 Å². The van der Waals surface area contributed by atoms with Crippen molar-refractivity contribution in [3.05, 3.63) is 99.9 Å². The van der Waals surface area contributed by atoms with E-state index in [1.54, 1.807) is 19.1 Å². The normalized spacial score (nSPS) is 14.2. The molecule has 0 saturated carbocycles. The van der Waals surface area contributed by atoms with Gasteiger partial charge in [0, 0.05) is 30.3 Å². The maximum Gasteiger partial charge on any atom is 0.416 e. The molecule has 37 heavy (non-hydrogen) atoms. The van der Waals surface area contributed by atoms with Gasteiger partial charge in [0.05, 0.1) is 17.8 Å². The second kappa shape index (κ2) is 11.7. The summed E-state index contributed by atoms with van der Waals surface area (Å²) in [5.41, 5.74) is 1.97. The summed E-state index contributed by atoms with van der Waals surface area (Å²) in [5.74, 6) is -2.41. The number of alkyl halides is 3. The Kier molecular flexibility index (Phi) is 8.94. The third kappa shape index (κ3) is 7.53. The average molecular weight is 520 g/mol. The van der Waals surface area contributed by atoms with Crippen molar-refractivity contribution in [2.24, 2.45) is 0 Å². The number of carboxylic acids is 1. The number of carbonyl (C=O) groups is 1. The molecule has 0 radical (unpaired) electrons. The maximum atomic E-state index is 13.7. The highest BCUT2D eigenvalue weighted by atomic mass is 19.4. The predicted octanol–water partition coefficient (Wildman–Crippen LogP) is 4.27. The number of halogens is 4. The van der Waals surface area contributed by atoms with Crippen molar-refractivity contribution in [2.45, 2.75) is 51.0 Å². The minimum absolute atomic E-state index is 0.275. The summed E-state index contributed by atoms with van der Waals surface area (Å²) in [7, 11) is 0. The second-order valence-electron chi connectivity index (χ2n) is 9.04. The van der Waals surface area contributed by atoms with Crippen LogP contribution in [0.5, 0.6) is 5.75 Å². The molecule has 0 aliphatic rings. The van der Waals surface area contributed by atoms with E-state index in [-0.39, 0.29) is 13.0 Å². The minimum atomic E-state index is -4.57. The lowest BCUT2D eigenvalue weighted by Crippen LogP contribution is -2.31. The molecule has 2 unspecified atom stereocenters. The molecule has 9 heteroatoms. The molecule has 3 aromatic rings. The molecule has 0 aliphatic carbocycles. The largest absolute Gasteiger partial charge is 0.550 e. The molecule has 0 bridgehead atoms. The van der Waals surface area contributed by atoms with Crippen LogP contribution in [0.25, 0.3) is 0 Å². The molecule has 0 aromatic heterocycles. The highest BCUT2D eigenvalue weighted by Gasteiger charge is 2.32. The van der Waals surface area contributed by atoms with Crippen LogP contribution in [0, 0.1) is 19.7 Å². The zero-order valence-corrected chi connectivity index (χ0v) is 20.3. The van der Waals surface area contributed by atoms with Crippen LogP contribution >= 0.6 is 0 Å². The molecule has 0 fully saturated rings. The van der Waals surface area contributed by atoms with Gasteiger partial charge in [-0.3, -0.25) is 0 Å². The van der Waals surface area contributed by atoms with E-state index in [0.29, 0.717) is 28.0 Å². The summed E-state index contributed by atoms with van der Waals surface area (Å²) in [6, 6.07) is 13.9. The quantitative estimate of drug-likeness (QED) is 0.309. The molecule has 0 saturated heterocycles. The van der Waals surface area contributed by atoms with Crippen molar-refractivity contribution in [3.63, 3.8) is 0 Å². The molecule has 0 heterocycles. The molecule has 3 atom stereocenters. The van der Waals surface area contributed by atoms with Crippen LogP contribution in [0.2, 0.25) is 0 Å². The van der Waals surface area contributed by atoms with Gasteiger partial charge < -0.3 is 24.9 Å². The highest BCUT2D eigenvalue weighted by molar-refractivity contribution is 5.64. The molecule has 2 N–H and O–H groups in total. The van der Waals surface area contributed by atoms with Crippen LogP contribution in [0.3, 0.4) is 0 Å². The Morgan fingerprint density at radius 1 is 0.973 bits per heavy atom. The number of hydrogen-bond donors (Lipinski definition) is 2. The third-order valence-corrected chi connectivity index (χ3v) is 5.88. The minimum Gasteiger partial charge on any atom is -0.550 e. The van der Waals surface area contributed by atoms with Gasteiger partial charge in [0.15, 0.2) is 0 Å². The number of aliphatic hydroxyl groups is 2. The van der Waals surface area contributed by atoms with E-state index >= 15 is 0 Å². The summed E-state index contributed by atoms with van der Waals surface area (Å²) in [5, 5.41) is 30.7. The fraction of sp³-hybridized carbons (Fsp3) is 0.321. The molecule has 3 rings (SSSR count). The lowest BCUT2D eigenvalue weighted by Gasteiger charge is -2.25. The lowest BCUT2D eigenvalue weighted by atomic mass is 9.82. The molecule has 0 spiro atoms. The molecule has 3 aromatic carbocycles. The van der Waals surface area contributed by atoms with E-state index in [1.165, 1.54) is 30.3 Å². The highest BCUT2D eigenvalue weighted by Crippen LogP contribution is 2.41. The number of ether oxygens (including phenoxy) is 1. The topological polar surface area (TPSA) is 89.8 Å². The fourth-order valence-electron chi connectivity index (χ4n) is 4.34. The molecule has 0 amide bonds. The standard InChI is InChI=1S/C28H28F4O5/c1-16-10-17(2)27(37-15-23(34)13-22(33)14-25(35)36)24(11-16)26(18-6-8-21(29)9-7-18)19-4-3-5-20(12-19)28(30,31)32/h3-12,22-23,26,33-34H,13-15H2,1-2H3,(H,35,36)/p-1/t22-,23?,26?/m1/s1. The lowest BCUT2D eigenvalue weighted by molar-refractivity contribution is -0.307. The van der Waals surface area contributed by atoms with Gasteiger partial charge in [-0.15, -0.1) is 0 Å². The van der Waals surface area contributed by atoms with Crippen molar-refractivity contribution >= 4 is 5.97 Å². The number of carbonyl (C=O) groups excluding carboxylic acids is 1. The number of aliphatic carboxylic acids is 1. The molecule has 198 valence electrons. The van der Waals surface area contributed by atoms with Crippen molar-refractivity contribution in [1.29, 1.82) is 0 Å². The Morgan fingerprint density at radius 2 is 1.65 bits per heavy atom. The van der Waals surface area contributed by atoms with Crippen LogP contribution in [0.1, 0.15) is 52.1 Å². The summed E-state index contributed by atoms with van der Waals surface area (Å²) in [6.45, 7) is 3.26. The van der Waals surface area contributed by atoms with Gasteiger partial charge in [0.25, 0.3) is 0 Å². The second-order valence-corrected chi connectivity index (χ2v) is 9.04. The van der Waals surface area contributed by atoms with Crippen LogP contribution in [-0.4, -0.2) is 35.0 Å². The molecular formula is C28H27F4O5-. The Hall–Kier alpha value is -3.43. The smallest absolute Gasteiger partial charge is 0.416 e. The number of carboxylic acid groups (broad SMARTS) is 1. The number of aryl methyl sites for hydroxylation is 2. The van der Waals surface area contributed by atoms with Crippen LogP contribution in [0.4, 0.5) is 17.6 Å². The fourth-order valence-corrected chi connectivity index (χ4v) is 4.34. The van der Waals surface area contributed by atoms with E-state index in [9.17, 15) is 37.7 Å². The Morgan fingerprint density at radius 3 is 2.27 bits per heavy atom. The number of hydrogen-bond acceptors (Lipinski definition) is 5. The van der Waals surface area contributed by atoms with Gasteiger partial charge in [-0.05, 0) is 48.7 Å². The zero-order chi connectivity index (χ0) is 27.3. The number of benzene rings is 3. The third-order valence-electron chi connectivity index (χ3n) is 5.88. The summed E-state index contributed by atoms with van der Waals surface area (Å²) in [6.07, 6.45) is -8.04. The van der Waals surface area contributed by atoms with E-state index in [1.807, 2.05) is 13.0 Å². The van der Waals surface area contributed by atoms with Crippen molar-refractivity contribution in [3.8, 4) is 5.75 Å². The van der Waals surface area contributed by atoms with Crippen LogP contribution in [-0.2, 0) is 11.0 Å². The molecular weight excluding hydrogens is 492 g/mol. The Bertz CT molecular complexity index is 1220. The molecule has 0 aliphatic heterocycles. The zero-order valence-electron chi connectivity index (χ0n) is 20.3. The van der Waals surface area contributed by atoms with Gasteiger partial charge >= 0.3 is 6.18 Å². The number of aliphatic hydroxyl groups excluding tert-OH is 2. The van der Waals surface area contributed by atoms with Gasteiger partial charge in [-0.25, -0.2) is 4.39 Å². The van der Waals surface area contributed by atoms with Gasteiger partial charge in [-0.1, -0.05) is 48.0 Å². The van der Waals surface area contributed by atoms with E-state index in [2.05, 4.69) is 0 Å². The summed E-state index contributed by atoms with van der Waals surface area (Å²) < 4.78 is 60.2.